The van der Waals surface area contributed by atoms with Crippen LogP contribution >= 0.6 is 0 Å². The van der Waals surface area contributed by atoms with E-state index >= 15 is 0 Å². The van der Waals surface area contributed by atoms with Crippen molar-refractivity contribution in [3.63, 3.8) is 0 Å². The van der Waals surface area contributed by atoms with Gasteiger partial charge >= 0.3 is 0 Å². The highest BCUT2D eigenvalue weighted by Crippen LogP contribution is 2.43. The quantitative estimate of drug-likeness (QED) is 0.147. The Morgan fingerprint density at radius 3 is 1.06 bits per heavy atom. The third-order valence-electron chi connectivity index (χ3n) is 12.7. The molecule has 0 spiro atoms. The van der Waals surface area contributed by atoms with E-state index in [-0.39, 0.29) is 5.82 Å². The molecule has 12 rings (SSSR count). The number of hydrogen-bond donors (Lipinski definition) is 1. The molecule has 2 N–H and O–H groups in total. The molecule has 0 fully saturated rings. The molecular weight excluding hydrogens is 810 g/mol. The Labute approximate surface area is 381 Å². The SMILES string of the molecule is Nc1ccc(N(c2ccc(-c3ccc(N(c4ccc(F)cc4)c4ccc5c(c4)c4ccccc4n5-c4ccccc4)cc3)cc2)c2ccc3c(c2)c2ccccc2n3-c2ccccc2)cc1. The molecule has 2 aromatic heterocycles. The number of nitrogens with zero attached hydrogens (tertiary/aromatic N) is 4. The summed E-state index contributed by atoms with van der Waals surface area (Å²) in [6.45, 7) is 0. The monoisotopic (exact) mass is 851 g/mol. The second-order valence-electron chi connectivity index (χ2n) is 16.6. The Bertz CT molecular complexity index is 3440. The first-order valence-corrected chi connectivity index (χ1v) is 22.1. The number of aromatic nitrogens is 2. The number of rotatable bonds is 9. The molecular formula is C60H42FN5. The largest absolute Gasteiger partial charge is 0.399 e. The average Bonchev–Trinajstić information content (AvgIpc) is 3.89. The second kappa shape index (κ2) is 16.0. The Morgan fingerprint density at radius 2 is 0.636 bits per heavy atom. The number of benzene rings is 10. The zero-order valence-electron chi connectivity index (χ0n) is 35.8. The van der Waals surface area contributed by atoms with E-state index in [0.29, 0.717) is 5.69 Å². The molecule has 0 aliphatic heterocycles. The lowest BCUT2D eigenvalue weighted by Gasteiger charge is -2.26. The van der Waals surface area contributed by atoms with Crippen LogP contribution in [0.2, 0.25) is 0 Å². The van der Waals surface area contributed by atoms with Crippen molar-refractivity contribution in [2.45, 2.75) is 0 Å². The van der Waals surface area contributed by atoms with Crippen molar-refractivity contribution in [1.29, 1.82) is 0 Å². The van der Waals surface area contributed by atoms with Crippen LogP contribution in [0.15, 0.2) is 243 Å². The summed E-state index contributed by atoms with van der Waals surface area (Å²) in [5.41, 5.74) is 21.8. The minimum absolute atomic E-state index is 0.273. The van der Waals surface area contributed by atoms with E-state index in [2.05, 4.69) is 219 Å². The van der Waals surface area contributed by atoms with Crippen molar-refractivity contribution in [2.75, 3.05) is 15.5 Å². The van der Waals surface area contributed by atoms with Gasteiger partial charge in [0.2, 0.25) is 0 Å². The van der Waals surface area contributed by atoms with Gasteiger partial charge in [0.15, 0.2) is 0 Å². The van der Waals surface area contributed by atoms with Crippen molar-refractivity contribution in [3.05, 3.63) is 248 Å². The second-order valence-corrected chi connectivity index (χ2v) is 16.6. The number of anilines is 7. The maximum absolute atomic E-state index is 14.4. The predicted octanol–water partition coefficient (Wildman–Crippen LogP) is 16.2. The molecule has 66 heavy (non-hydrogen) atoms. The minimum atomic E-state index is -0.273. The molecule has 0 unspecified atom stereocenters. The first-order valence-electron chi connectivity index (χ1n) is 22.1. The summed E-state index contributed by atoms with van der Waals surface area (Å²) in [5, 5.41) is 4.69. The molecule has 0 atom stereocenters. The van der Waals surface area contributed by atoms with Crippen molar-refractivity contribution >= 4 is 83.4 Å². The van der Waals surface area contributed by atoms with Crippen LogP contribution in [0.25, 0.3) is 66.1 Å². The topological polar surface area (TPSA) is 42.4 Å². The highest BCUT2D eigenvalue weighted by Gasteiger charge is 2.20. The van der Waals surface area contributed by atoms with E-state index in [4.69, 9.17) is 5.73 Å². The molecule has 0 aliphatic carbocycles. The Kier molecular flexibility index (Phi) is 9.42. The number of halogens is 1. The molecule has 0 saturated heterocycles. The number of fused-ring (bicyclic) bond motifs is 6. The highest BCUT2D eigenvalue weighted by atomic mass is 19.1. The molecule has 314 valence electrons. The van der Waals surface area contributed by atoms with Gasteiger partial charge < -0.3 is 24.7 Å². The number of hydrogen-bond acceptors (Lipinski definition) is 3. The summed E-state index contributed by atoms with van der Waals surface area (Å²) in [5.74, 6) is -0.273. The third kappa shape index (κ3) is 6.71. The standard InChI is InChI=1S/C60H42FN5/c61-43-23-31-49(32-24-43)63(51-35-37-59-55(39-51)53-15-7-9-17-57(53)65(59)45-11-3-1-4-12-45)47-27-19-41(20-28-47)42-21-29-48(30-22-42)64(50-33-25-44(62)26-34-50)52-36-38-60-56(40-52)54-16-8-10-18-58(54)66(60)46-13-5-2-6-14-46/h1-40H,62H2. The highest BCUT2D eigenvalue weighted by molar-refractivity contribution is 6.12. The summed E-state index contributed by atoms with van der Waals surface area (Å²) < 4.78 is 19.0. The summed E-state index contributed by atoms with van der Waals surface area (Å²) in [6.07, 6.45) is 0. The summed E-state index contributed by atoms with van der Waals surface area (Å²) in [6, 6.07) is 83.6. The van der Waals surface area contributed by atoms with Gasteiger partial charge in [-0.25, -0.2) is 4.39 Å². The van der Waals surface area contributed by atoms with Crippen LogP contribution in [0.3, 0.4) is 0 Å². The lowest BCUT2D eigenvalue weighted by atomic mass is 10.0. The third-order valence-corrected chi connectivity index (χ3v) is 12.7. The van der Waals surface area contributed by atoms with Gasteiger partial charge in [-0.15, -0.1) is 0 Å². The molecule has 2 heterocycles. The predicted molar refractivity (Wildman–Crippen MR) is 274 cm³/mol. The molecule has 0 amide bonds. The van der Waals surface area contributed by atoms with E-state index in [1.807, 2.05) is 30.3 Å². The summed E-state index contributed by atoms with van der Waals surface area (Å²) in [7, 11) is 0. The first-order chi connectivity index (χ1) is 32.6. The van der Waals surface area contributed by atoms with Gasteiger partial charge in [-0.1, -0.05) is 97.1 Å². The Morgan fingerprint density at radius 1 is 0.303 bits per heavy atom. The van der Waals surface area contributed by atoms with E-state index < -0.39 is 0 Å². The lowest BCUT2D eigenvalue weighted by molar-refractivity contribution is 0.628. The van der Waals surface area contributed by atoms with Gasteiger partial charge in [0, 0.05) is 72.7 Å². The average molecular weight is 852 g/mol. The van der Waals surface area contributed by atoms with Crippen molar-refractivity contribution in [2.24, 2.45) is 0 Å². The van der Waals surface area contributed by atoms with Crippen LogP contribution in [0.5, 0.6) is 0 Å². The molecule has 0 radical (unpaired) electrons. The van der Waals surface area contributed by atoms with E-state index in [1.54, 1.807) is 0 Å². The Balaban J connectivity index is 0.910. The van der Waals surface area contributed by atoms with Gasteiger partial charge in [-0.2, -0.15) is 0 Å². The maximum Gasteiger partial charge on any atom is 0.123 e. The van der Waals surface area contributed by atoms with Crippen LogP contribution in [0.4, 0.5) is 44.2 Å². The zero-order chi connectivity index (χ0) is 44.1. The fourth-order valence-electron chi connectivity index (χ4n) is 9.62. The summed E-state index contributed by atoms with van der Waals surface area (Å²) >= 11 is 0. The van der Waals surface area contributed by atoms with Crippen LogP contribution in [-0.2, 0) is 0 Å². The number of nitrogen functional groups attached to an aromatic ring is 1. The van der Waals surface area contributed by atoms with Crippen LogP contribution < -0.4 is 15.5 Å². The van der Waals surface area contributed by atoms with Gasteiger partial charge in [0.25, 0.3) is 0 Å². The van der Waals surface area contributed by atoms with Crippen LogP contribution in [0.1, 0.15) is 0 Å². The molecule has 10 aromatic carbocycles. The number of para-hydroxylation sites is 4. The first kappa shape index (κ1) is 38.8. The van der Waals surface area contributed by atoms with Gasteiger partial charge in [0.1, 0.15) is 5.82 Å². The minimum Gasteiger partial charge on any atom is -0.399 e. The molecule has 12 aromatic rings. The van der Waals surface area contributed by atoms with Crippen molar-refractivity contribution < 1.29 is 4.39 Å². The van der Waals surface area contributed by atoms with Gasteiger partial charge in [-0.3, -0.25) is 0 Å². The molecule has 6 heteroatoms. The molecule has 5 nitrogen and oxygen atoms in total. The van der Waals surface area contributed by atoms with E-state index in [0.717, 1.165) is 78.6 Å². The van der Waals surface area contributed by atoms with Crippen LogP contribution in [-0.4, -0.2) is 9.13 Å². The Hall–Kier alpha value is -8.87. The smallest absolute Gasteiger partial charge is 0.123 e. The maximum atomic E-state index is 14.4. The fraction of sp³-hybridized carbons (Fsp3) is 0. The molecule has 0 aliphatic rings. The van der Waals surface area contributed by atoms with E-state index in [9.17, 15) is 4.39 Å². The molecule has 0 bridgehead atoms. The van der Waals surface area contributed by atoms with Crippen molar-refractivity contribution in [1.82, 2.24) is 9.13 Å². The lowest BCUT2D eigenvalue weighted by Crippen LogP contribution is -2.10. The zero-order valence-corrected chi connectivity index (χ0v) is 35.8. The van der Waals surface area contributed by atoms with Gasteiger partial charge in [-0.05, 0) is 157 Å². The number of nitrogens with two attached hydrogens (primary N) is 1. The summed E-state index contributed by atoms with van der Waals surface area (Å²) in [4.78, 5) is 4.48. The fourth-order valence-corrected chi connectivity index (χ4v) is 9.62. The molecule has 0 saturated carbocycles. The van der Waals surface area contributed by atoms with Crippen LogP contribution in [0, 0.1) is 5.82 Å². The van der Waals surface area contributed by atoms with E-state index in [1.165, 1.54) is 33.8 Å². The normalized spacial score (nSPS) is 11.5. The van der Waals surface area contributed by atoms with Crippen molar-refractivity contribution in [3.8, 4) is 22.5 Å². The van der Waals surface area contributed by atoms with Gasteiger partial charge in [0.05, 0.1) is 22.1 Å².